The largest absolute Gasteiger partial charge is 0.379 e. The van der Waals surface area contributed by atoms with Crippen molar-refractivity contribution < 1.29 is 14.3 Å². The van der Waals surface area contributed by atoms with Gasteiger partial charge in [0.05, 0.1) is 25.2 Å². The quantitative estimate of drug-likeness (QED) is 0.677. The van der Waals surface area contributed by atoms with Crippen LogP contribution < -0.4 is 10.6 Å². The molecule has 3 heterocycles. The van der Waals surface area contributed by atoms with E-state index in [0.29, 0.717) is 13.0 Å². The molecule has 3 saturated heterocycles. The van der Waals surface area contributed by atoms with Crippen LogP contribution in [0.3, 0.4) is 0 Å². The van der Waals surface area contributed by atoms with Crippen molar-refractivity contribution in [3.05, 3.63) is 0 Å². The number of ether oxygens (including phenoxy) is 1. The molecule has 7 nitrogen and oxygen atoms in total. The average Bonchev–Trinajstić information content (AvgIpc) is 2.94. The Hall–Kier alpha value is -0.600. The van der Waals surface area contributed by atoms with Crippen molar-refractivity contribution in [1.82, 2.24) is 20.4 Å². The van der Waals surface area contributed by atoms with Gasteiger partial charge < -0.3 is 20.3 Å². The predicted molar refractivity (Wildman–Crippen MR) is 100 cm³/mol. The minimum absolute atomic E-state index is 0. The zero-order valence-electron chi connectivity index (χ0n) is 14.6. The van der Waals surface area contributed by atoms with E-state index in [1.807, 2.05) is 4.90 Å². The van der Waals surface area contributed by atoms with Crippen LogP contribution in [-0.4, -0.2) is 86.7 Å². The van der Waals surface area contributed by atoms with E-state index in [1.54, 1.807) is 0 Å². The van der Waals surface area contributed by atoms with Gasteiger partial charge in [-0.2, -0.15) is 0 Å². The van der Waals surface area contributed by atoms with Gasteiger partial charge in [0.2, 0.25) is 11.8 Å². The number of morpholine rings is 1. The van der Waals surface area contributed by atoms with Crippen molar-refractivity contribution in [2.45, 2.75) is 25.3 Å². The molecule has 0 aromatic carbocycles. The van der Waals surface area contributed by atoms with Crippen LogP contribution in [0.15, 0.2) is 0 Å². The minimum Gasteiger partial charge on any atom is -0.379 e. The second-order valence-corrected chi connectivity index (χ2v) is 6.75. The number of hydrogen-bond donors (Lipinski definition) is 2. The van der Waals surface area contributed by atoms with E-state index >= 15 is 0 Å². The summed E-state index contributed by atoms with van der Waals surface area (Å²) in [5.74, 6) is 0.316. The molecule has 0 radical (unpaired) electrons. The number of amides is 2. The third-order valence-corrected chi connectivity index (χ3v) is 5.02. The average molecular weight is 397 g/mol. The molecule has 0 aromatic heterocycles. The standard InChI is InChI=1S/C16H28N4O3.2ClH/c21-15-10-14(18-16(22)13-2-1-3-17-11-13)12-20(15)5-4-19-6-8-23-9-7-19;;/h13-14,17H,1-12H2,(H,18,22);2*1H. The molecule has 0 bridgehead atoms. The fourth-order valence-corrected chi connectivity index (χ4v) is 3.57. The number of hydrogen-bond acceptors (Lipinski definition) is 5. The Bertz CT molecular complexity index is 430. The summed E-state index contributed by atoms with van der Waals surface area (Å²) < 4.78 is 5.34. The smallest absolute Gasteiger partial charge is 0.224 e. The third-order valence-electron chi connectivity index (χ3n) is 5.02. The molecular formula is C16H30Cl2N4O3. The Labute approximate surface area is 162 Å². The highest BCUT2D eigenvalue weighted by molar-refractivity contribution is 5.85. The zero-order chi connectivity index (χ0) is 16.1. The van der Waals surface area contributed by atoms with E-state index in [4.69, 9.17) is 4.74 Å². The van der Waals surface area contributed by atoms with Crippen LogP contribution in [0.2, 0.25) is 0 Å². The van der Waals surface area contributed by atoms with Crippen LogP contribution in [-0.2, 0) is 14.3 Å². The summed E-state index contributed by atoms with van der Waals surface area (Å²) in [6, 6.07) is -0.0263. The van der Waals surface area contributed by atoms with Crippen LogP contribution in [0.4, 0.5) is 0 Å². The van der Waals surface area contributed by atoms with Crippen molar-refractivity contribution in [2.24, 2.45) is 5.92 Å². The molecule has 2 unspecified atom stereocenters. The second kappa shape index (κ2) is 11.2. The molecule has 3 aliphatic heterocycles. The molecule has 0 spiro atoms. The predicted octanol–water partition coefficient (Wildman–Crippen LogP) is -0.121. The lowest BCUT2D eigenvalue weighted by atomic mass is 9.98. The molecule has 146 valence electrons. The highest BCUT2D eigenvalue weighted by Crippen LogP contribution is 2.14. The number of rotatable bonds is 5. The number of carbonyl (C=O) groups is 2. The molecule has 2 N–H and O–H groups in total. The van der Waals surface area contributed by atoms with E-state index in [2.05, 4.69) is 15.5 Å². The van der Waals surface area contributed by atoms with Gasteiger partial charge in [0.25, 0.3) is 0 Å². The number of likely N-dealkylation sites (tertiary alicyclic amines) is 1. The highest BCUT2D eigenvalue weighted by atomic mass is 35.5. The summed E-state index contributed by atoms with van der Waals surface area (Å²) in [5.41, 5.74) is 0. The molecule has 0 saturated carbocycles. The van der Waals surface area contributed by atoms with Crippen molar-refractivity contribution in [3.63, 3.8) is 0 Å². The van der Waals surface area contributed by atoms with Gasteiger partial charge in [0.15, 0.2) is 0 Å². The SMILES string of the molecule is Cl.Cl.O=C(NC1CC(=O)N(CCN2CCOCC2)C1)C1CCCNC1. The van der Waals surface area contributed by atoms with E-state index in [1.165, 1.54) is 0 Å². The van der Waals surface area contributed by atoms with Crippen LogP contribution in [0.1, 0.15) is 19.3 Å². The maximum absolute atomic E-state index is 12.3. The van der Waals surface area contributed by atoms with Crippen LogP contribution in [0, 0.1) is 5.92 Å². The number of halogens is 2. The summed E-state index contributed by atoms with van der Waals surface area (Å²) in [7, 11) is 0. The molecule has 3 fully saturated rings. The van der Waals surface area contributed by atoms with Gasteiger partial charge in [-0.3, -0.25) is 14.5 Å². The molecule has 3 rings (SSSR count). The zero-order valence-corrected chi connectivity index (χ0v) is 16.2. The first kappa shape index (κ1) is 22.4. The third kappa shape index (κ3) is 6.57. The molecular weight excluding hydrogens is 367 g/mol. The van der Waals surface area contributed by atoms with Gasteiger partial charge in [-0.1, -0.05) is 0 Å². The fourth-order valence-electron chi connectivity index (χ4n) is 3.57. The van der Waals surface area contributed by atoms with Gasteiger partial charge in [-0.05, 0) is 19.4 Å². The van der Waals surface area contributed by atoms with E-state index in [0.717, 1.165) is 65.3 Å². The Balaban J connectivity index is 0.00000156. The lowest BCUT2D eigenvalue weighted by Crippen LogP contribution is -2.46. The van der Waals surface area contributed by atoms with Gasteiger partial charge in [-0.15, -0.1) is 24.8 Å². The van der Waals surface area contributed by atoms with Crippen molar-refractivity contribution >= 4 is 36.6 Å². The molecule has 0 aromatic rings. The number of nitrogens with one attached hydrogen (secondary N) is 2. The number of piperidine rings is 1. The maximum atomic E-state index is 12.3. The Kier molecular flexibility index (Phi) is 10.0. The second-order valence-electron chi connectivity index (χ2n) is 6.75. The molecule has 25 heavy (non-hydrogen) atoms. The first-order chi connectivity index (χ1) is 11.2. The van der Waals surface area contributed by atoms with Crippen molar-refractivity contribution in [3.8, 4) is 0 Å². The van der Waals surface area contributed by atoms with Gasteiger partial charge in [0, 0.05) is 45.7 Å². The Morgan fingerprint density at radius 1 is 1.24 bits per heavy atom. The normalized spacial score (nSPS) is 27.4. The number of carbonyl (C=O) groups excluding carboxylic acids is 2. The van der Waals surface area contributed by atoms with E-state index < -0.39 is 0 Å². The van der Waals surface area contributed by atoms with E-state index in [9.17, 15) is 9.59 Å². The Morgan fingerprint density at radius 3 is 2.68 bits per heavy atom. The summed E-state index contributed by atoms with van der Waals surface area (Å²) >= 11 is 0. The first-order valence-corrected chi connectivity index (χ1v) is 8.81. The Morgan fingerprint density at radius 2 is 2.00 bits per heavy atom. The van der Waals surface area contributed by atoms with Gasteiger partial charge >= 0.3 is 0 Å². The number of nitrogens with zero attached hydrogens (tertiary/aromatic N) is 2. The first-order valence-electron chi connectivity index (χ1n) is 8.81. The molecule has 9 heteroatoms. The minimum atomic E-state index is -0.0263. The summed E-state index contributed by atoms with van der Waals surface area (Å²) in [5, 5.41) is 6.33. The van der Waals surface area contributed by atoms with Gasteiger partial charge in [0.1, 0.15) is 0 Å². The monoisotopic (exact) mass is 396 g/mol. The fraction of sp³-hybridized carbons (Fsp3) is 0.875. The molecule has 2 amide bonds. The lowest BCUT2D eigenvalue weighted by Gasteiger charge is -2.28. The summed E-state index contributed by atoms with van der Waals surface area (Å²) in [6.07, 6.45) is 2.43. The maximum Gasteiger partial charge on any atom is 0.224 e. The van der Waals surface area contributed by atoms with E-state index in [-0.39, 0.29) is 48.6 Å². The summed E-state index contributed by atoms with van der Waals surface area (Å²) in [4.78, 5) is 28.6. The van der Waals surface area contributed by atoms with Crippen LogP contribution in [0.25, 0.3) is 0 Å². The van der Waals surface area contributed by atoms with Gasteiger partial charge in [-0.25, -0.2) is 0 Å². The lowest BCUT2D eigenvalue weighted by molar-refractivity contribution is -0.128. The van der Waals surface area contributed by atoms with Crippen molar-refractivity contribution in [2.75, 3.05) is 59.0 Å². The molecule has 3 aliphatic rings. The molecule has 2 atom stereocenters. The van der Waals surface area contributed by atoms with Crippen LogP contribution in [0.5, 0.6) is 0 Å². The molecule has 0 aliphatic carbocycles. The summed E-state index contributed by atoms with van der Waals surface area (Å²) in [6.45, 7) is 7.49. The highest BCUT2D eigenvalue weighted by Gasteiger charge is 2.32. The van der Waals surface area contributed by atoms with Crippen molar-refractivity contribution in [1.29, 1.82) is 0 Å². The van der Waals surface area contributed by atoms with Crippen LogP contribution >= 0.6 is 24.8 Å². The topological polar surface area (TPSA) is 73.9 Å².